The predicted molar refractivity (Wildman–Crippen MR) is 69.4 cm³/mol. The molecule has 0 radical (unpaired) electrons. The number of nitrogens with zero attached hydrogens (tertiary/aromatic N) is 2. The Kier molecular flexibility index (Phi) is 4.33. The number of carbonyl (C=O) groups is 1. The number of amidine groups is 1. The van der Waals surface area contributed by atoms with E-state index in [0.717, 1.165) is 0 Å². The third-order valence-corrected chi connectivity index (χ3v) is 2.68. The summed E-state index contributed by atoms with van der Waals surface area (Å²) < 4.78 is 0.650. The number of amides is 2. The van der Waals surface area contributed by atoms with Gasteiger partial charge in [0.15, 0.2) is 5.84 Å². The van der Waals surface area contributed by atoms with E-state index < -0.39 is 0 Å². The number of rotatable bonds is 2. The zero-order valence-electron chi connectivity index (χ0n) is 9.44. The summed E-state index contributed by atoms with van der Waals surface area (Å²) in [6, 6.07) is 4.73. The molecule has 0 heterocycles. The molecule has 0 saturated heterocycles. The van der Waals surface area contributed by atoms with Gasteiger partial charge in [0.2, 0.25) is 0 Å². The fourth-order valence-electron chi connectivity index (χ4n) is 1.06. The third-order valence-electron chi connectivity index (χ3n) is 2.02. The Morgan fingerprint density at radius 2 is 2.18 bits per heavy atom. The monoisotopic (exact) mass is 300 g/mol. The summed E-state index contributed by atoms with van der Waals surface area (Å²) in [5.74, 6) is 0.0104. The van der Waals surface area contributed by atoms with Crippen molar-refractivity contribution in [3.63, 3.8) is 0 Å². The lowest BCUT2D eigenvalue weighted by atomic mass is 10.2. The minimum Gasteiger partial charge on any atom is -0.409 e. The number of urea groups is 1. The summed E-state index contributed by atoms with van der Waals surface area (Å²) in [4.78, 5) is 12.9. The van der Waals surface area contributed by atoms with Crippen LogP contribution in [0.2, 0.25) is 0 Å². The summed E-state index contributed by atoms with van der Waals surface area (Å²) in [6.07, 6.45) is 0. The lowest BCUT2D eigenvalue weighted by molar-refractivity contribution is 0.230. The summed E-state index contributed by atoms with van der Waals surface area (Å²) in [7, 11) is 3.29. The number of anilines is 1. The second-order valence-corrected chi connectivity index (χ2v) is 4.36. The van der Waals surface area contributed by atoms with Crippen LogP contribution in [-0.4, -0.2) is 36.1 Å². The zero-order valence-corrected chi connectivity index (χ0v) is 11.0. The van der Waals surface area contributed by atoms with Crippen LogP contribution in [0, 0.1) is 0 Å². The maximum Gasteiger partial charge on any atom is 0.321 e. The molecular weight excluding hydrogens is 288 g/mol. The van der Waals surface area contributed by atoms with Crippen molar-refractivity contribution in [2.45, 2.75) is 0 Å². The Labute approximate surface area is 107 Å². The minimum absolute atomic E-state index is 0.0104. The summed E-state index contributed by atoms with van der Waals surface area (Å²) in [5, 5.41) is 14.1. The SMILES string of the molecule is CN(C)C(=O)Nc1ccc(/C(N)=N/O)cc1Br. The first-order valence-corrected chi connectivity index (χ1v) is 5.50. The van der Waals surface area contributed by atoms with Gasteiger partial charge in [-0.3, -0.25) is 0 Å². The molecule has 0 aliphatic heterocycles. The average Bonchev–Trinajstić information content (AvgIpc) is 2.30. The predicted octanol–water partition coefficient (Wildman–Crippen LogP) is 1.64. The Morgan fingerprint density at radius 1 is 1.53 bits per heavy atom. The largest absolute Gasteiger partial charge is 0.409 e. The highest BCUT2D eigenvalue weighted by Crippen LogP contribution is 2.23. The topological polar surface area (TPSA) is 91.0 Å². The summed E-state index contributed by atoms with van der Waals surface area (Å²) >= 11 is 3.30. The fraction of sp³-hybridized carbons (Fsp3) is 0.200. The molecule has 0 aliphatic carbocycles. The lowest BCUT2D eigenvalue weighted by Crippen LogP contribution is -2.27. The second-order valence-electron chi connectivity index (χ2n) is 3.50. The summed E-state index contributed by atoms with van der Waals surface area (Å²) in [6.45, 7) is 0. The minimum atomic E-state index is -0.234. The number of carbonyl (C=O) groups excluding carboxylic acids is 1. The van der Waals surface area contributed by atoms with Gasteiger partial charge in [0.25, 0.3) is 0 Å². The Hall–Kier alpha value is -1.76. The highest BCUT2D eigenvalue weighted by atomic mass is 79.9. The zero-order chi connectivity index (χ0) is 13.0. The molecule has 0 aromatic heterocycles. The molecule has 92 valence electrons. The van der Waals surface area contributed by atoms with Gasteiger partial charge in [0, 0.05) is 24.1 Å². The number of nitrogens with two attached hydrogens (primary N) is 1. The van der Waals surface area contributed by atoms with E-state index >= 15 is 0 Å². The number of hydrogen-bond donors (Lipinski definition) is 3. The Bertz CT molecular complexity index is 460. The van der Waals surface area contributed by atoms with Crippen molar-refractivity contribution in [2.75, 3.05) is 19.4 Å². The van der Waals surface area contributed by atoms with Gasteiger partial charge in [0.05, 0.1) is 5.69 Å². The van der Waals surface area contributed by atoms with Crippen LogP contribution in [-0.2, 0) is 0 Å². The quantitative estimate of drug-likeness (QED) is 0.335. The molecule has 1 aromatic carbocycles. The number of halogens is 1. The number of nitrogens with one attached hydrogen (secondary N) is 1. The molecule has 17 heavy (non-hydrogen) atoms. The fourth-order valence-corrected chi connectivity index (χ4v) is 1.54. The molecule has 1 rings (SSSR count). The molecule has 0 atom stereocenters. The van der Waals surface area contributed by atoms with Crippen LogP contribution in [0.5, 0.6) is 0 Å². The van der Waals surface area contributed by atoms with Crippen molar-refractivity contribution in [3.05, 3.63) is 28.2 Å². The van der Waals surface area contributed by atoms with Crippen LogP contribution in [0.3, 0.4) is 0 Å². The molecule has 1 aromatic rings. The number of hydrogen-bond acceptors (Lipinski definition) is 3. The molecule has 2 amide bonds. The van der Waals surface area contributed by atoms with E-state index in [1.165, 1.54) is 4.90 Å². The molecule has 6 nitrogen and oxygen atoms in total. The van der Waals surface area contributed by atoms with Crippen molar-refractivity contribution >= 4 is 33.5 Å². The molecule has 0 aliphatic rings. The van der Waals surface area contributed by atoms with Gasteiger partial charge in [-0.2, -0.15) is 0 Å². The summed E-state index contributed by atoms with van der Waals surface area (Å²) in [5.41, 5.74) is 6.61. The number of benzene rings is 1. The van der Waals surface area contributed by atoms with Crippen LogP contribution in [0.15, 0.2) is 27.8 Å². The Morgan fingerprint density at radius 3 is 2.65 bits per heavy atom. The van der Waals surface area contributed by atoms with E-state index in [-0.39, 0.29) is 11.9 Å². The van der Waals surface area contributed by atoms with Gasteiger partial charge in [-0.15, -0.1) is 0 Å². The van der Waals surface area contributed by atoms with E-state index in [1.807, 2.05) is 0 Å². The molecule has 7 heteroatoms. The molecule has 0 bridgehead atoms. The van der Waals surface area contributed by atoms with Crippen molar-refractivity contribution in [1.82, 2.24) is 4.90 Å². The van der Waals surface area contributed by atoms with Gasteiger partial charge in [-0.05, 0) is 34.1 Å². The lowest BCUT2D eigenvalue weighted by Gasteiger charge is -2.13. The van der Waals surface area contributed by atoms with Crippen LogP contribution in [0.4, 0.5) is 10.5 Å². The van der Waals surface area contributed by atoms with Crippen LogP contribution in [0.1, 0.15) is 5.56 Å². The van der Waals surface area contributed by atoms with Gasteiger partial charge in [-0.1, -0.05) is 5.16 Å². The molecule has 0 unspecified atom stereocenters. The average molecular weight is 301 g/mol. The van der Waals surface area contributed by atoms with Gasteiger partial charge < -0.3 is 21.2 Å². The maximum absolute atomic E-state index is 11.4. The van der Waals surface area contributed by atoms with Crippen molar-refractivity contribution in [2.24, 2.45) is 10.9 Å². The van der Waals surface area contributed by atoms with E-state index in [1.54, 1.807) is 32.3 Å². The highest BCUT2D eigenvalue weighted by Gasteiger charge is 2.08. The highest BCUT2D eigenvalue weighted by molar-refractivity contribution is 9.10. The second kappa shape index (κ2) is 5.53. The first-order chi connectivity index (χ1) is 7.95. The molecular formula is C10H13BrN4O2. The molecule has 4 N–H and O–H groups in total. The molecule has 0 fully saturated rings. The van der Waals surface area contributed by atoms with Crippen LogP contribution < -0.4 is 11.1 Å². The molecule has 0 spiro atoms. The first-order valence-electron chi connectivity index (χ1n) is 4.71. The standard InChI is InChI=1S/C10H13BrN4O2/c1-15(2)10(16)13-8-4-3-6(5-7(8)11)9(12)14-17/h3-5,17H,1-2H3,(H2,12,14)(H,13,16). The van der Waals surface area contributed by atoms with Crippen molar-refractivity contribution in [1.29, 1.82) is 0 Å². The first kappa shape index (κ1) is 13.3. The molecule has 0 saturated carbocycles. The van der Waals surface area contributed by atoms with Crippen molar-refractivity contribution < 1.29 is 10.0 Å². The van der Waals surface area contributed by atoms with Crippen LogP contribution in [0.25, 0.3) is 0 Å². The van der Waals surface area contributed by atoms with Crippen molar-refractivity contribution in [3.8, 4) is 0 Å². The third kappa shape index (κ3) is 3.35. The number of oxime groups is 1. The van der Waals surface area contributed by atoms with E-state index in [9.17, 15) is 4.79 Å². The van der Waals surface area contributed by atoms with E-state index in [2.05, 4.69) is 26.4 Å². The van der Waals surface area contributed by atoms with Gasteiger partial charge in [-0.25, -0.2) is 4.79 Å². The Balaban J connectivity index is 2.95. The van der Waals surface area contributed by atoms with Crippen LogP contribution >= 0.6 is 15.9 Å². The smallest absolute Gasteiger partial charge is 0.321 e. The van der Waals surface area contributed by atoms with E-state index in [4.69, 9.17) is 10.9 Å². The van der Waals surface area contributed by atoms with Gasteiger partial charge in [0.1, 0.15) is 0 Å². The van der Waals surface area contributed by atoms with E-state index in [0.29, 0.717) is 15.7 Å². The maximum atomic E-state index is 11.4. The van der Waals surface area contributed by atoms with Gasteiger partial charge >= 0.3 is 6.03 Å². The normalized spacial score (nSPS) is 11.1.